The molecule has 0 unspecified atom stereocenters. The van der Waals surface area contributed by atoms with Gasteiger partial charge in [-0.2, -0.15) is 5.10 Å². The van der Waals surface area contributed by atoms with Crippen molar-refractivity contribution < 1.29 is 14.7 Å². The molecule has 25 heavy (non-hydrogen) atoms. The van der Waals surface area contributed by atoms with E-state index < -0.39 is 5.97 Å². The van der Waals surface area contributed by atoms with Gasteiger partial charge in [0, 0.05) is 20.1 Å². The van der Waals surface area contributed by atoms with Crippen LogP contribution in [0.25, 0.3) is 0 Å². The van der Waals surface area contributed by atoms with E-state index in [9.17, 15) is 9.59 Å². The van der Waals surface area contributed by atoms with Gasteiger partial charge < -0.3 is 10.0 Å². The molecule has 1 saturated heterocycles. The third-order valence-corrected chi connectivity index (χ3v) is 5.19. The molecular formula is C18H20ClN3O3. The molecule has 2 aromatic rings. The van der Waals surface area contributed by atoms with E-state index in [1.165, 1.54) is 0 Å². The normalized spacial score (nSPS) is 17.1. The second-order valence-corrected chi connectivity index (χ2v) is 6.87. The Morgan fingerprint density at radius 3 is 2.80 bits per heavy atom. The Hall–Kier alpha value is -2.34. The highest BCUT2D eigenvalue weighted by molar-refractivity contribution is 6.34. The molecule has 7 heteroatoms. The summed E-state index contributed by atoms with van der Waals surface area (Å²) >= 11 is 6.21. The first-order chi connectivity index (χ1) is 11.9. The lowest BCUT2D eigenvalue weighted by Crippen LogP contribution is -2.29. The van der Waals surface area contributed by atoms with Crippen LogP contribution in [0.1, 0.15) is 38.5 Å². The Morgan fingerprint density at radius 2 is 2.16 bits per heavy atom. The number of nitrogens with zero attached hydrogens (tertiary/aromatic N) is 3. The lowest BCUT2D eigenvalue weighted by atomic mass is 9.97. The highest BCUT2D eigenvalue weighted by Crippen LogP contribution is 2.26. The number of aromatic carboxylic acids is 1. The van der Waals surface area contributed by atoms with Crippen molar-refractivity contribution in [1.29, 1.82) is 0 Å². The van der Waals surface area contributed by atoms with Crippen molar-refractivity contribution in [2.75, 3.05) is 13.1 Å². The van der Waals surface area contributed by atoms with E-state index in [0.29, 0.717) is 35.3 Å². The van der Waals surface area contributed by atoms with E-state index in [1.807, 2.05) is 13.0 Å². The summed E-state index contributed by atoms with van der Waals surface area (Å²) < 4.78 is 1.61. The molecule has 2 heterocycles. The first-order valence-electron chi connectivity index (χ1n) is 8.17. The maximum atomic E-state index is 12.7. The van der Waals surface area contributed by atoms with Crippen molar-refractivity contribution in [2.24, 2.45) is 13.0 Å². The van der Waals surface area contributed by atoms with Crippen LogP contribution in [0.2, 0.25) is 5.02 Å². The number of hydrogen-bond acceptors (Lipinski definition) is 3. The summed E-state index contributed by atoms with van der Waals surface area (Å²) in [4.78, 5) is 25.5. The van der Waals surface area contributed by atoms with Crippen LogP contribution >= 0.6 is 11.6 Å². The third kappa shape index (κ3) is 3.54. The molecule has 1 aromatic carbocycles. The Labute approximate surface area is 151 Å². The molecule has 1 atom stereocenters. The SMILES string of the molecule is Cc1c(Cl)c(C(=O)N2CC[C@H](Cc3cccc(C(=O)O)c3)C2)nn1C. The number of amides is 1. The van der Waals surface area contributed by atoms with Crippen LogP contribution in [0.15, 0.2) is 24.3 Å². The van der Waals surface area contributed by atoms with Crippen molar-refractivity contribution in [1.82, 2.24) is 14.7 Å². The number of rotatable bonds is 4. The average Bonchev–Trinajstić information content (AvgIpc) is 3.15. The molecule has 1 aromatic heterocycles. The van der Waals surface area contributed by atoms with Crippen molar-refractivity contribution in [3.05, 3.63) is 51.8 Å². The van der Waals surface area contributed by atoms with Gasteiger partial charge in [-0.05, 0) is 43.4 Å². The maximum absolute atomic E-state index is 12.7. The number of halogens is 1. The largest absolute Gasteiger partial charge is 0.478 e. The highest BCUT2D eigenvalue weighted by Gasteiger charge is 2.30. The quantitative estimate of drug-likeness (QED) is 0.908. The Balaban J connectivity index is 1.67. The lowest BCUT2D eigenvalue weighted by molar-refractivity contribution is 0.0696. The number of benzene rings is 1. The molecule has 0 bridgehead atoms. The van der Waals surface area contributed by atoms with Crippen LogP contribution in [0.3, 0.4) is 0 Å². The van der Waals surface area contributed by atoms with Gasteiger partial charge in [0.15, 0.2) is 5.69 Å². The van der Waals surface area contributed by atoms with E-state index >= 15 is 0 Å². The first-order valence-corrected chi connectivity index (χ1v) is 8.55. The monoisotopic (exact) mass is 361 g/mol. The third-order valence-electron chi connectivity index (χ3n) is 4.73. The predicted molar refractivity (Wildman–Crippen MR) is 94.1 cm³/mol. The summed E-state index contributed by atoms with van der Waals surface area (Å²) in [6.45, 7) is 3.12. The molecule has 132 valence electrons. The van der Waals surface area contributed by atoms with Crippen molar-refractivity contribution >= 4 is 23.5 Å². The van der Waals surface area contributed by atoms with Crippen molar-refractivity contribution in [3.8, 4) is 0 Å². The fourth-order valence-corrected chi connectivity index (χ4v) is 3.46. The van der Waals surface area contributed by atoms with Crippen LogP contribution in [0.4, 0.5) is 0 Å². The number of carbonyl (C=O) groups is 2. The van der Waals surface area contributed by atoms with Crippen LogP contribution in [-0.4, -0.2) is 44.8 Å². The Kier molecular flexibility index (Phi) is 4.81. The molecular weight excluding hydrogens is 342 g/mol. The number of carboxylic acids is 1. The van der Waals surface area contributed by atoms with Gasteiger partial charge in [-0.25, -0.2) is 4.79 Å². The molecule has 1 fully saturated rings. The van der Waals surface area contributed by atoms with Gasteiger partial charge in [-0.15, -0.1) is 0 Å². The fraction of sp³-hybridized carbons (Fsp3) is 0.389. The van der Waals surface area contributed by atoms with E-state index in [-0.39, 0.29) is 5.91 Å². The molecule has 1 amide bonds. The van der Waals surface area contributed by atoms with Gasteiger partial charge in [0.2, 0.25) is 0 Å². The molecule has 0 aliphatic carbocycles. The first kappa shape index (κ1) is 17.5. The number of hydrogen-bond donors (Lipinski definition) is 1. The minimum Gasteiger partial charge on any atom is -0.478 e. The minimum atomic E-state index is -0.926. The summed E-state index contributed by atoms with van der Waals surface area (Å²) in [6, 6.07) is 6.97. The fourth-order valence-electron chi connectivity index (χ4n) is 3.22. The van der Waals surface area contributed by atoms with Gasteiger partial charge in [0.1, 0.15) is 0 Å². The molecule has 1 N–H and O–H groups in total. The minimum absolute atomic E-state index is 0.143. The zero-order valence-electron chi connectivity index (χ0n) is 14.2. The molecule has 0 spiro atoms. The van der Waals surface area contributed by atoms with Gasteiger partial charge in [0.25, 0.3) is 5.91 Å². The zero-order valence-corrected chi connectivity index (χ0v) is 15.0. The standard InChI is InChI=1S/C18H20ClN3O3/c1-11-15(19)16(20-21(11)2)17(23)22-7-6-13(10-22)8-12-4-3-5-14(9-12)18(24)25/h3-5,9,13H,6-8,10H2,1-2H3,(H,24,25)/t13-/m1/s1. The summed E-state index contributed by atoms with van der Waals surface area (Å²) in [5.41, 5.74) is 2.34. The van der Waals surface area contributed by atoms with Crippen LogP contribution < -0.4 is 0 Å². The summed E-state index contributed by atoms with van der Waals surface area (Å²) in [7, 11) is 1.76. The second kappa shape index (κ2) is 6.88. The molecule has 1 aliphatic rings. The van der Waals surface area contributed by atoms with Crippen molar-refractivity contribution in [2.45, 2.75) is 19.8 Å². The molecule has 1 aliphatic heterocycles. The second-order valence-electron chi connectivity index (χ2n) is 6.49. The summed E-state index contributed by atoms with van der Waals surface area (Å²) in [5.74, 6) is -0.766. The van der Waals surface area contributed by atoms with E-state index in [1.54, 1.807) is 34.8 Å². The molecule has 0 radical (unpaired) electrons. The topological polar surface area (TPSA) is 75.4 Å². The maximum Gasteiger partial charge on any atom is 0.335 e. The van der Waals surface area contributed by atoms with Crippen LogP contribution in [0.5, 0.6) is 0 Å². The number of aromatic nitrogens is 2. The van der Waals surface area contributed by atoms with E-state index in [4.69, 9.17) is 16.7 Å². The van der Waals surface area contributed by atoms with E-state index in [2.05, 4.69) is 5.10 Å². The van der Waals surface area contributed by atoms with Gasteiger partial charge in [-0.3, -0.25) is 9.48 Å². The summed E-state index contributed by atoms with van der Waals surface area (Å²) in [5, 5.41) is 13.7. The number of carbonyl (C=O) groups excluding carboxylic acids is 1. The smallest absolute Gasteiger partial charge is 0.335 e. The number of carboxylic acid groups (broad SMARTS) is 1. The lowest BCUT2D eigenvalue weighted by Gasteiger charge is -2.15. The molecule has 0 saturated carbocycles. The average molecular weight is 362 g/mol. The van der Waals surface area contributed by atoms with Gasteiger partial charge in [0.05, 0.1) is 16.3 Å². The van der Waals surface area contributed by atoms with E-state index in [0.717, 1.165) is 24.1 Å². The summed E-state index contributed by atoms with van der Waals surface area (Å²) in [6.07, 6.45) is 1.63. The highest BCUT2D eigenvalue weighted by atomic mass is 35.5. The van der Waals surface area contributed by atoms with Gasteiger partial charge >= 0.3 is 5.97 Å². The Morgan fingerprint density at radius 1 is 1.40 bits per heavy atom. The van der Waals surface area contributed by atoms with Crippen LogP contribution in [-0.2, 0) is 13.5 Å². The zero-order chi connectivity index (χ0) is 18.1. The van der Waals surface area contributed by atoms with Gasteiger partial charge in [-0.1, -0.05) is 23.7 Å². The molecule has 3 rings (SSSR count). The van der Waals surface area contributed by atoms with Crippen molar-refractivity contribution in [3.63, 3.8) is 0 Å². The number of likely N-dealkylation sites (tertiary alicyclic amines) is 1. The Bertz CT molecular complexity index is 831. The molecule has 6 nitrogen and oxygen atoms in total. The van der Waals surface area contributed by atoms with Crippen LogP contribution in [0, 0.1) is 12.8 Å². The predicted octanol–water partition coefficient (Wildman–Crippen LogP) is 2.78. The number of aryl methyl sites for hydroxylation is 1.